The van der Waals surface area contributed by atoms with Gasteiger partial charge in [0.2, 0.25) is 15.9 Å². The Morgan fingerprint density at radius 2 is 1.83 bits per heavy atom. The summed E-state index contributed by atoms with van der Waals surface area (Å²) in [6, 6.07) is 14.4. The second kappa shape index (κ2) is 9.29. The van der Waals surface area contributed by atoms with Gasteiger partial charge in [-0.2, -0.15) is 0 Å². The third-order valence-corrected chi connectivity index (χ3v) is 6.04. The van der Waals surface area contributed by atoms with Crippen LogP contribution in [0.3, 0.4) is 0 Å². The first kappa shape index (κ1) is 21.2. The minimum atomic E-state index is -3.31. The van der Waals surface area contributed by atoms with Crippen LogP contribution in [0, 0.1) is 0 Å². The highest BCUT2D eigenvalue weighted by atomic mass is 32.2. The third kappa shape index (κ3) is 6.48. The number of sulfonamides is 1. The number of rotatable bonds is 8. The molecule has 3 aromatic rings. The van der Waals surface area contributed by atoms with E-state index in [1.807, 2.05) is 29.6 Å². The largest absolute Gasteiger partial charge is 0.497 e. The molecule has 0 atom stereocenters. The van der Waals surface area contributed by atoms with E-state index in [4.69, 9.17) is 4.74 Å². The number of carbonyl (C=O) groups excluding carboxylic acids is 1. The van der Waals surface area contributed by atoms with Crippen LogP contribution in [0.1, 0.15) is 0 Å². The fourth-order valence-electron chi connectivity index (χ4n) is 2.36. The number of nitrogens with one attached hydrogen (secondary N) is 2. The van der Waals surface area contributed by atoms with Gasteiger partial charge in [0, 0.05) is 21.5 Å². The number of anilines is 2. The number of carbonyl (C=O) groups is 1. The first-order valence-electron chi connectivity index (χ1n) is 8.43. The molecule has 0 fully saturated rings. The van der Waals surface area contributed by atoms with Crippen molar-refractivity contribution in [1.29, 1.82) is 0 Å². The molecule has 2 N–H and O–H groups in total. The van der Waals surface area contributed by atoms with Crippen molar-refractivity contribution in [3.05, 3.63) is 53.9 Å². The average molecular weight is 450 g/mol. The second-order valence-corrected chi connectivity index (χ2v) is 9.66. The van der Waals surface area contributed by atoms with Crippen LogP contribution in [0.5, 0.6) is 5.75 Å². The highest BCUT2D eigenvalue weighted by Gasteiger charge is 2.09. The smallest absolute Gasteiger partial charge is 0.236 e. The molecule has 0 spiro atoms. The highest BCUT2D eigenvalue weighted by molar-refractivity contribution is 8.00. The molecule has 1 aromatic heterocycles. The lowest BCUT2D eigenvalue weighted by Gasteiger charge is -2.04. The van der Waals surface area contributed by atoms with Crippen molar-refractivity contribution in [2.75, 3.05) is 29.2 Å². The molecule has 1 heterocycles. The number of hydrogen-bond acceptors (Lipinski definition) is 7. The first-order valence-corrected chi connectivity index (χ1v) is 12.2. The van der Waals surface area contributed by atoms with Crippen molar-refractivity contribution >= 4 is 49.8 Å². The number of hydrogen-bond donors (Lipinski definition) is 2. The maximum atomic E-state index is 12.2. The van der Waals surface area contributed by atoms with Gasteiger partial charge in [0.1, 0.15) is 5.75 Å². The van der Waals surface area contributed by atoms with E-state index in [9.17, 15) is 13.2 Å². The van der Waals surface area contributed by atoms with Gasteiger partial charge in [0.05, 0.1) is 24.8 Å². The van der Waals surface area contributed by atoms with E-state index in [2.05, 4.69) is 15.0 Å². The molecule has 0 saturated heterocycles. The van der Waals surface area contributed by atoms with Crippen molar-refractivity contribution in [3.63, 3.8) is 0 Å². The molecule has 3 rings (SSSR count). The maximum absolute atomic E-state index is 12.2. The Bertz CT molecular complexity index is 1080. The molecule has 0 radical (unpaired) electrons. The summed E-state index contributed by atoms with van der Waals surface area (Å²) in [5.74, 6) is 0.904. The fraction of sp³-hybridized carbons (Fsp3) is 0.158. The molecule has 7 nitrogen and oxygen atoms in total. The lowest BCUT2D eigenvalue weighted by molar-refractivity contribution is -0.113. The molecular formula is C19H19N3O4S3. The highest BCUT2D eigenvalue weighted by Crippen LogP contribution is 2.27. The van der Waals surface area contributed by atoms with Crippen LogP contribution in [-0.2, 0) is 14.8 Å². The quantitative estimate of drug-likeness (QED) is 0.506. The lowest BCUT2D eigenvalue weighted by Crippen LogP contribution is -2.13. The van der Waals surface area contributed by atoms with Crippen LogP contribution in [0.15, 0.2) is 58.8 Å². The van der Waals surface area contributed by atoms with Crippen molar-refractivity contribution < 1.29 is 17.9 Å². The summed E-state index contributed by atoms with van der Waals surface area (Å²) < 4.78 is 30.1. The van der Waals surface area contributed by atoms with Crippen molar-refractivity contribution in [2.45, 2.75) is 4.90 Å². The Morgan fingerprint density at radius 1 is 1.14 bits per heavy atom. The zero-order valence-electron chi connectivity index (χ0n) is 15.7. The molecule has 0 unspecified atom stereocenters. The molecule has 0 aliphatic carbocycles. The maximum Gasteiger partial charge on any atom is 0.236 e. The van der Waals surface area contributed by atoms with Gasteiger partial charge >= 0.3 is 0 Å². The summed E-state index contributed by atoms with van der Waals surface area (Å²) in [6.45, 7) is 0. The minimum Gasteiger partial charge on any atom is -0.497 e. The van der Waals surface area contributed by atoms with Crippen molar-refractivity contribution in [2.24, 2.45) is 0 Å². The molecule has 0 saturated carbocycles. The zero-order valence-corrected chi connectivity index (χ0v) is 18.2. The topological polar surface area (TPSA) is 97.4 Å². The normalized spacial score (nSPS) is 11.1. The Balaban J connectivity index is 1.55. The van der Waals surface area contributed by atoms with Crippen LogP contribution < -0.4 is 14.8 Å². The Hall–Kier alpha value is -2.56. The monoisotopic (exact) mass is 449 g/mol. The molecule has 0 bridgehead atoms. The molecule has 2 aromatic carbocycles. The summed E-state index contributed by atoms with van der Waals surface area (Å²) in [7, 11) is -1.70. The molecular weight excluding hydrogens is 430 g/mol. The fourth-order valence-corrected chi connectivity index (χ4v) is 4.36. The van der Waals surface area contributed by atoms with Crippen molar-refractivity contribution in [1.82, 2.24) is 4.98 Å². The second-order valence-electron chi connectivity index (χ2n) is 6.00. The van der Waals surface area contributed by atoms with Gasteiger partial charge in [0.15, 0.2) is 5.13 Å². The van der Waals surface area contributed by atoms with E-state index in [0.717, 1.165) is 22.5 Å². The molecule has 152 valence electrons. The van der Waals surface area contributed by atoms with Crippen molar-refractivity contribution in [3.8, 4) is 17.0 Å². The summed E-state index contributed by atoms with van der Waals surface area (Å²) in [4.78, 5) is 17.6. The molecule has 0 aliphatic heterocycles. The van der Waals surface area contributed by atoms with E-state index >= 15 is 0 Å². The molecule has 29 heavy (non-hydrogen) atoms. The summed E-state index contributed by atoms with van der Waals surface area (Å²) in [5, 5.41) is 5.15. The van der Waals surface area contributed by atoms with Gasteiger partial charge < -0.3 is 10.1 Å². The number of thioether (sulfide) groups is 1. The van der Waals surface area contributed by atoms with Crippen LogP contribution in [0.2, 0.25) is 0 Å². The number of benzene rings is 2. The van der Waals surface area contributed by atoms with E-state index < -0.39 is 10.0 Å². The predicted octanol–water partition coefficient (Wildman–Crippen LogP) is 3.92. The number of thiazole rings is 1. The van der Waals surface area contributed by atoms with Gasteiger partial charge in [-0.25, -0.2) is 13.4 Å². The number of methoxy groups -OCH3 is 1. The minimum absolute atomic E-state index is 0.139. The number of ether oxygens (including phenoxy) is 1. The van der Waals surface area contributed by atoms with Gasteiger partial charge in [0.25, 0.3) is 0 Å². The lowest BCUT2D eigenvalue weighted by atomic mass is 10.1. The van der Waals surface area contributed by atoms with E-state index in [0.29, 0.717) is 16.5 Å². The summed E-state index contributed by atoms with van der Waals surface area (Å²) in [5.41, 5.74) is 2.02. The van der Waals surface area contributed by atoms with Crippen LogP contribution in [0.4, 0.5) is 10.8 Å². The van der Waals surface area contributed by atoms with Gasteiger partial charge in [-0.3, -0.25) is 9.52 Å². The van der Waals surface area contributed by atoms with Gasteiger partial charge in [-0.15, -0.1) is 23.1 Å². The van der Waals surface area contributed by atoms with E-state index in [-0.39, 0.29) is 11.7 Å². The van der Waals surface area contributed by atoms with E-state index in [1.165, 1.54) is 23.1 Å². The Labute approximate surface area is 177 Å². The Morgan fingerprint density at radius 3 is 2.45 bits per heavy atom. The summed E-state index contributed by atoms with van der Waals surface area (Å²) in [6.07, 6.45) is 1.10. The van der Waals surface area contributed by atoms with Crippen LogP contribution in [-0.4, -0.2) is 38.4 Å². The SMILES string of the molecule is COc1ccc(SCC(=O)Nc2nc(-c3ccc(NS(C)(=O)=O)cc3)cs2)cc1. The predicted molar refractivity (Wildman–Crippen MR) is 118 cm³/mol. The number of aromatic nitrogens is 1. The number of nitrogens with zero attached hydrogens (tertiary/aromatic N) is 1. The zero-order chi connectivity index (χ0) is 20.9. The molecule has 0 aliphatic rings. The third-order valence-electron chi connectivity index (χ3n) is 3.66. The average Bonchev–Trinajstić information content (AvgIpc) is 3.14. The van der Waals surface area contributed by atoms with Gasteiger partial charge in [-0.05, 0) is 36.4 Å². The van der Waals surface area contributed by atoms with Gasteiger partial charge in [-0.1, -0.05) is 12.1 Å². The van der Waals surface area contributed by atoms with E-state index in [1.54, 1.807) is 31.4 Å². The standard InChI is InChI=1S/C19H19N3O4S3/c1-26-15-7-9-16(10-8-15)27-12-18(23)21-19-20-17(11-28-19)13-3-5-14(6-4-13)22-29(2,24)25/h3-11,22H,12H2,1-2H3,(H,20,21,23). The first-order chi connectivity index (χ1) is 13.8. The summed E-state index contributed by atoms with van der Waals surface area (Å²) >= 11 is 2.76. The van der Waals surface area contributed by atoms with Crippen LogP contribution >= 0.6 is 23.1 Å². The molecule has 1 amide bonds. The van der Waals surface area contributed by atoms with Crippen LogP contribution in [0.25, 0.3) is 11.3 Å². The number of amides is 1. The molecule has 10 heteroatoms. The Kier molecular flexibility index (Phi) is 6.78.